The van der Waals surface area contributed by atoms with Crippen molar-refractivity contribution < 1.29 is 9.18 Å². The molecule has 1 amide bonds. The zero-order valence-corrected chi connectivity index (χ0v) is 9.24. The Kier molecular flexibility index (Phi) is 3.05. The summed E-state index contributed by atoms with van der Waals surface area (Å²) in [7, 11) is 0. The molecule has 1 aliphatic carbocycles. The summed E-state index contributed by atoms with van der Waals surface area (Å²) in [6.07, 6.45) is 4.39. The van der Waals surface area contributed by atoms with Gasteiger partial charge in [-0.15, -0.1) is 0 Å². The Labute approximate surface area is 98.5 Å². The van der Waals surface area contributed by atoms with Crippen molar-refractivity contribution in [3.63, 3.8) is 0 Å². The third kappa shape index (κ3) is 2.41. The van der Waals surface area contributed by atoms with Gasteiger partial charge in [0, 0.05) is 6.20 Å². The largest absolute Gasteiger partial charge is 0.334 e. The monoisotopic (exact) mass is 233 g/mol. The van der Waals surface area contributed by atoms with Gasteiger partial charge in [0.25, 0.3) is 5.91 Å². The van der Waals surface area contributed by atoms with Gasteiger partial charge in [0.1, 0.15) is 5.54 Å². The van der Waals surface area contributed by atoms with Crippen LogP contribution >= 0.6 is 0 Å². The molecule has 88 valence electrons. The summed E-state index contributed by atoms with van der Waals surface area (Å²) < 4.78 is 12.6. The first-order valence-corrected chi connectivity index (χ1v) is 5.50. The summed E-state index contributed by atoms with van der Waals surface area (Å²) in [6.45, 7) is 0. The summed E-state index contributed by atoms with van der Waals surface area (Å²) in [4.78, 5) is 15.3. The van der Waals surface area contributed by atoms with Crippen LogP contribution in [0, 0.1) is 17.3 Å². The number of hydrogen-bond donors (Lipinski definition) is 1. The molecule has 1 saturated carbocycles. The Bertz CT molecular complexity index is 458. The number of nitrogens with one attached hydrogen (secondary N) is 1. The van der Waals surface area contributed by atoms with Crippen LogP contribution in [-0.4, -0.2) is 16.4 Å². The van der Waals surface area contributed by atoms with Gasteiger partial charge in [0.2, 0.25) is 5.95 Å². The lowest BCUT2D eigenvalue weighted by atomic mass is 9.99. The first-order chi connectivity index (χ1) is 8.15. The number of hydrogen-bond acceptors (Lipinski definition) is 3. The maximum Gasteiger partial charge on any atom is 0.254 e. The molecule has 0 aliphatic heterocycles. The zero-order chi connectivity index (χ0) is 12.3. The number of aromatic nitrogens is 1. The second-order valence-corrected chi connectivity index (χ2v) is 4.22. The normalized spacial score (nSPS) is 17.4. The molecule has 4 nitrogen and oxygen atoms in total. The molecule has 0 spiro atoms. The molecule has 0 saturated heterocycles. The molecule has 17 heavy (non-hydrogen) atoms. The van der Waals surface area contributed by atoms with E-state index in [4.69, 9.17) is 5.26 Å². The molecule has 1 heterocycles. The Balaban J connectivity index is 2.11. The highest BCUT2D eigenvalue weighted by atomic mass is 19.1. The van der Waals surface area contributed by atoms with Crippen molar-refractivity contribution in [2.24, 2.45) is 0 Å². The molecule has 1 N–H and O–H groups in total. The summed E-state index contributed by atoms with van der Waals surface area (Å²) in [6, 6.07) is 4.65. The lowest BCUT2D eigenvalue weighted by Gasteiger charge is -2.21. The van der Waals surface area contributed by atoms with Crippen LogP contribution in [0.15, 0.2) is 18.3 Å². The van der Waals surface area contributed by atoms with Gasteiger partial charge in [-0.1, -0.05) is 0 Å². The second-order valence-electron chi connectivity index (χ2n) is 4.22. The Morgan fingerprint density at radius 3 is 2.71 bits per heavy atom. The van der Waals surface area contributed by atoms with Crippen LogP contribution in [0.1, 0.15) is 36.0 Å². The minimum atomic E-state index is -0.758. The molecule has 1 fully saturated rings. The van der Waals surface area contributed by atoms with Crippen LogP contribution < -0.4 is 5.32 Å². The van der Waals surface area contributed by atoms with Gasteiger partial charge in [-0.25, -0.2) is 4.98 Å². The van der Waals surface area contributed by atoms with Gasteiger partial charge in [-0.05, 0) is 37.8 Å². The smallest absolute Gasteiger partial charge is 0.254 e. The predicted octanol–water partition coefficient (Wildman–Crippen LogP) is 1.79. The van der Waals surface area contributed by atoms with Crippen LogP contribution in [0.4, 0.5) is 4.39 Å². The number of pyridine rings is 1. The fourth-order valence-electron chi connectivity index (χ4n) is 2.04. The molecule has 0 atom stereocenters. The third-order valence-electron chi connectivity index (χ3n) is 3.01. The van der Waals surface area contributed by atoms with E-state index in [0.717, 1.165) is 18.9 Å². The topological polar surface area (TPSA) is 65.8 Å². The molecule has 0 radical (unpaired) electrons. The second kappa shape index (κ2) is 4.50. The molecule has 0 aromatic carbocycles. The van der Waals surface area contributed by atoms with Crippen LogP contribution in [0.5, 0.6) is 0 Å². The number of amides is 1. The van der Waals surface area contributed by atoms with Gasteiger partial charge >= 0.3 is 0 Å². The number of rotatable bonds is 2. The summed E-state index contributed by atoms with van der Waals surface area (Å²) in [5, 5.41) is 11.8. The van der Waals surface area contributed by atoms with E-state index in [-0.39, 0.29) is 11.5 Å². The highest BCUT2D eigenvalue weighted by Gasteiger charge is 2.35. The maximum absolute atomic E-state index is 12.6. The molecule has 1 aromatic heterocycles. The van der Waals surface area contributed by atoms with E-state index in [0.29, 0.717) is 12.8 Å². The third-order valence-corrected chi connectivity index (χ3v) is 3.01. The standard InChI is InChI=1S/C12H12FN3O/c13-10-4-3-9(7-15-10)11(17)16-12(8-14)5-1-2-6-12/h3-4,7H,1-2,5-6H2,(H,16,17). The lowest BCUT2D eigenvalue weighted by molar-refractivity contribution is 0.0920. The highest BCUT2D eigenvalue weighted by Crippen LogP contribution is 2.29. The van der Waals surface area contributed by atoms with Crippen molar-refractivity contribution in [1.29, 1.82) is 5.26 Å². The average Bonchev–Trinajstić information content (AvgIpc) is 2.79. The number of carbonyl (C=O) groups is 1. The Morgan fingerprint density at radius 1 is 1.47 bits per heavy atom. The fraction of sp³-hybridized carbons (Fsp3) is 0.417. The lowest BCUT2D eigenvalue weighted by Crippen LogP contribution is -2.45. The molecule has 1 aromatic rings. The Morgan fingerprint density at radius 2 is 2.18 bits per heavy atom. The molecule has 2 rings (SSSR count). The molecule has 5 heteroatoms. The molecule has 1 aliphatic rings. The van der Waals surface area contributed by atoms with Gasteiger partial charge < -0.3 is 5.32 Å². The maximum atomic E-state index is 12.6. The SMILES string of the molecule is N#CC1(NC(=O)c2ccc(F)nc2)CCCC1. The summed E-state index contributed by atoms with van der Waals surface area (Å²) in [5.41, 5.74) is -0.487. The van der Waals surface area contributed by atoms with Gasteiger partial charge in [0.15, 0.2) is 0 Å². The summed E-state index contributed by atoms with van der Waals surface area (Å²) >= 11 is 0. The number of nitrogens with zero attached hydrogens (tertiary/aromatic N) is 2. The number of halogens is 1. The fourth-order valence-corrected chi connectivity index (χ4v) is 2.04. The highest BCUT2D eigenvalue weighted by molar-refractivity contribution is 5.94. The first kappa shape index (κ1) is 11.5. The quantitative estimate of drug-likeness (QED) is 0.792. The zero-order valence-electron chi connectivity index (χ0n) is 9.24. The van der Waals surface area contributed by atoms with Crippen molar-refractivity contribution in [2.45, 2.75) is 31.2 Å². The molecule has 0 bridgehead atoms. The van der Waals surface area contributed by atoms with Crippen LogP contribution in [0.25, 0.3) is 0 Å². The van der Waals surface area contributed by atoms with Crippen LogP contribution in [0.2, 0.25) is 0 Å². The molecule has 0 unspecified atom stereocenters. The van der Waals surface area contributed by atoms with E-state index in [1.165, 1.54) is 12.3 Å². The van der Waals surface area contributed by atoms with E-state index < -0.39 is 11.5 Å². The van der Waals surface area contributed by atoms with Crippen LogP contribution in [-0.2, 0) is 0 Å². The Hall–Kier alpha value is -1.96. The van der Waals surface area contributed by atoms with E-state index in [1.54, 1.807) is 0 Å². The minimum Gasteiger partial charge on any atom is -0.334 e. The van der Waals surface area contributed by atoms with Gasteiger partial charge in [-0.3, -0.25) is 4.79 Å². The molecular formula is C12H12FN3O. The van der Waals surface area contributed by atoms with Crippen molar-refractivity contribution in [2.75, 3.05) is 0 Å². The predicted molar refractivity (Wildman–Crippen MR) is 58.5 cm³/mol. The van der Waals surface area contributed by atoms with Crippen molar-refractivity contribution in [3.8, 4) is 6.07 Å². The minimum absolute atomic E-state index is 0.271. The van der Waals surface area contributed by atoms with Crippen LogP contribution in [0.3, 0.4) is 0 Å². The van der Waals surface area contributed by atoms with Crippen molar-refractivity contribution in [3.05, 3.63) is 29.8 Å². The van der Waals surface area contributed by atoms with E-state index in [2.05, 4.69) is 16.4 Å². The van der Waals surface area contributed by atoms with E-state index in [9.17, 15) is 9.18 Å². The number of nitriles is 1. The molecular weight excluding hydrogens is 221 g/mol. The van der Waals surface area contributed by atoms with Crippen molar-refractivity contribution >= 4 is 5.91 Å². The van der Waals surface area contributed by atoms with Gasteiger partial charge in [0.05, 0.1) is 11.6 Å². The summed E-state index contributed by atoms with van der Waals surface area (Å²) in [5.74, 6) is -1.00. The van der Waals surface area contributed by atoms with Crippen molar-refractivity contribution in [1.82, 2.24) is 10.3 Å². The number of carbonyl (C=O) groups excluding carboxylic acids is 1. The van der Waals surface area contributed by atoms with E-state index >= 15 is 0 Å². The average molecular weight is 233 g/mol. The first-order valence-electron chi connectivity index (χ1n) is 5.50. The van der Waals surface area contributed by atoms with E-state index in [1.807, 2.05) is 0 Å². The van der Waals surface area contributed by atoms with Gasteiger partial charge in [-0.2, -0.15) is 9.65 Å².